The highest BCUT2D eigenvalue weighted by Crippen LogP contribution is 2.42. The van der Waals surface area contributed by atoms with Crippen molar-refractivity contribution in [1.82, 2.24) is 0 Å². The molecule has 3 nitrogen and oxygen atoms in total. The number of nitrogens with one attached hydrogen (secondary N) is 1. The molecule has 0 saturated heterocycles. The molecule has 6 heteroatoms. The number of carbonyl (C=O) groups excluding carboxylic acids is 1. The van der Waals surface area contributed by atoms with Crippen molar-refractivity contribution in [2.45, 2.75) is 43.7 Å². The summed E-state index contributed by atoms with van der Waals surface area (Å²) in [6.07, 6.45) is 0.997. The summed E-state index contributed by atoms with van der Waals surface area (Å²) in [5, 5.41) is 2.73. The molecule has 154 valence electrons. The Labute approximate surface area is 168 Å². The van der Waals surface area contributed by atoms with Crippen LogP contribution in [0.15, 0.2) is 61.2 Å². The Morgan fingerprint density at radius 1 is 1.10 bits per heavy atom. The van der Waals surface area contributed by atoms with Gasteiger partial charge in [0.15, 0.2) is 0 Å². The third-order valence-corrected chi connectivity index (χ3v) is 5.37. The predicted octanol–water partition coefficient (Wildman–Crippen LogP) is 6.11. The number of alkyl halides is 3. The minimum Gasteiger partial charge on any atom is -0.489 e. The number of amides is 1. The highest BCUT2D eigenvalue weighted by Gasteiger charge is 2.41. The summed E-state index contributed by atoms with van der Waals surface area (Å²) in [6, 6.07) is 13.1. The van der Waals surface area contributed by atoms with E-state index in [1.165, 1.54) is 18.2 Å². The Morgan fingerprint density at radius 3 is 2.41 bits per heavy atom. The number of benzene rings is 2. The van der Waals surface area contributed by atoms with E-state index in [2.05, 4.69) is 11.9 Å². The van der Waals surface area contributed by atoms with Crippen LogP contribution >= 0.6 is 0 Å². The van der Waals surface area contributed by atoms with Crippen LogP contribution in [0.25, 0.3) is 0 Å². The summed E-state index contributed by atoms with van der Waals surface area (Å²) in [5.74, 6) is -0.554. The molecule has 1 aliphatic carbocycles. The van der Waals surface area contributed by atoms with Gasteiger partial charge in [-0.25, -0.2) is 0 Å². The van der Waals surface area contributed by atoms with Crippen LogP contribution in [-0.4, -0.2) is 12.5 Å². The van der Waals surface area contributed by atoms with Crippen LogP contribution in [-0.2, 0) is 16.4 Å². The van der Waals surface area contributed by atoms with E-state index in [1.807, 2.05) is 30.3 Å². The topological polar surface area (TPSA) is 38.3 Å². The second-order valence-corrected chi connectivity index (χ2v) is 7.27. The Morgan fingerprint density at radius 2 is 1.79 bits per heavy atom. The lowest BCUT2D eigenvalue weighted by Crippen LogP contribution is -2.42. The van der Waals surface area contributed by atoms with Crippen LogP contribution in [0.3, 0.4) is 0 Å². The van der Waals surface area contributed by atoms with E-state index in [0.717, 1.165) is 30.9 Å². The molecule has 0 atom stereocenters. The van der Waals surface area contributed by atoms with Crippen molar-refractivity contribution in [3.05, 3.63) is 72.3 Å². The fourth-order valence-electron chi connectivity index (χ4n) is 3.91. The predicted molar refractivity (Wildman–Crippen MR) is 107 cm³/mol. The second-order valence-electron chi connectivity index (χ2n) is 7.27. The lowest BCUT2D eigenvalue weighted by molar-refractivity contribution is -0.138. The first-order valence-corrected chi connectivity index (χ1v) is 9.69. The standard InChI is InChI=1S/C23H24F3NO2/c1-2-15-29-20-12-11-18(16-19(20)23(24,25)26)27-21(28)22(13-7-4-8-14-22)17-9-5-3-6-10-17/h2-3,5-6,9-12,16H,1,4,7-8,13-15H2,(H,27,28). The van der Waals surface area contributed by atoms with Crippen LogP contribution in [0.4, 0.5) is 18.9 Å². The number of carbonyl (C=O) groups is 1. The van der Waals surface area contributed by atoms with Crippen molar-refractivity contribution in [3.8, 4) is 5.75 Å². The number of anilines is 1. The highest BCUT2D eigenvalue weighted by atomic mass is 19.4. The van der Waals surface area contributed by atoms with Gasteiger partial charge < -0.3 is 10.1 Å². The van der Waals surface area contributed by atoms with Crippen molar-refractivity contribution in [2.24, 2.45) is 0 Å². The first-order chi connectivity index (χ1) is 13.9. The molecule has 0 aliphatic heterocycles. The van der Waals surface area contributed by atoms with Crippen LogP contribution < -0.4 is 10.1 Å². The maximum Gasteiger partial charge on any atom is 0.420 e. The molecule has 1 aliphatic rings. The van der Waals surface area contributed by atoms with Gasteiger partial charge in [-0.1, -0.05) is 62.2 Å². The lowest BCUT2D eigenvalue weighted by atomic mass is 9.68. The van der Waals surface area contributed by atoms with Gasteiger partial charge in [0, 0.05) is 5.69 Å². The van der Waals surface area contributed by atoms with Gasteiger partial charge in [-0.3, -0.25) is 4.79 Å². The molecule has 1 N–H and O–H groups in total. The number of halogens is 3. The normalized spacial score (nSPS) is 16.1. The van der Waals surface area contributed by atoms with E-state index in [9.17, 15) is 18.0 Å². The molecule has 2 aromatic carbocycles. The van der Waals surface area contributed by atoms with E-state index in [0.29, 0.717) is 12.8 Å². The number of hydrogen-bond donors (Lipinski definition) is 1. The number of rotatable bonds is 6. The maximum absolute atomic E-state index is 13.5. The van der Waals surface area contributed by atoms with Crippen molar-refractivity contribution in [1.29, 1.82) is 0 Å². The van der Waals surface area contributed by atoms with E-state index in [-0.39, 0.29) is 24.0 Å². The molecule has 0 bridgehead atoms. The molecule has 0 spiro atoms. The van der Waals surface area contributed by atoms with E-state index in [4.69, 9.17) is 4.74 Å². The monoisotopic (exact) mass is 403 g/mol. The van der Waals surface area contributed by atoms with Crippen LogP contribution in [0, 0.1) is 0 Å². The Bertz CT molecular complexity index is 856. The van der Waals surface area contributed by atoms with E-state index in [1.54, 1.807) is 0 Å². The molecule has 1 saturated carbocycles. The largest absolute Gasteiger partial charge is 0.489 e. The van der Waals surface area contributed by atoms with Gasteiger partial charge in [-0.15, -0.1) is 0 Å². The molecule has 2 aromatic rings. The summed E-state index contributed by atoms with van der Waals surface area (Å²) in [6.45, 7) is 3.41. The fourth-order valence-corrected chi connectivity index (χ4v) is 3.91. The highest BCUT2D eigenvalue weighted by molar-refractivity contribution is 5.99. The van der Waals surface area contributed by atoms with Crippen molar-refractivity contribution >= 4 is 11.6 Å². The second kappa shape index (κ2) is 8.72. The zero-order chi connectivity index (χ0) is 20.9. The minimum absolute atomic E-state index is 0.0358. The molecule has 29 heavy (non-hydrogen) atoms. The number of hydrogen-bond acceptors (Lipinski definition) is 2. The Hall–Kier alpha value is -2.76. The van der Waals surface area contributed by atoms with Gasteiger partial charge in [-0.2, -0.15) is 13.2 Å². The van der Waals surface area contributed by atoms with Crippen LogP contribution in [0.5, 0.6) is 5.75 Å². The molecule has 0 aromatic heterocycles. The van der Waals surface area contributed by atoms with Crippen molar-refractivity contribution in [2.75, 3.05) is 11.9 Å². The molecule has 1 fully saturated rings. The van der Waals surface area contributed by atoms with Gasteiger partial charge in [0.05, 0.1) is 11.0 Å². The summed E-state index contributed by atoms with van der Waals surface area (Å²) in [4.78, 5) is 13.3. The van der Waals surface area contributed by atoms with Gasteiger partial charge in [0.25, 0.3) is 0 Å². The first-order valence-electron chi connectivity index (χ1n) is 9.69. The Kier molecular flexibility index (Phi) is 6.30. The van der Waals surface area contributed by atoms with E-state index >= 15 is 0 Å². The SMILES string of the molecule is C=CCOc1ccc(NC(=O)C2(c3ccccc3)CCCCC2)cc1C(F)(F)F. The summed E-state index contributed by atoms with van der Waals surface area (Å²) in [7, 11) is 0. The molecule has 0 unspecified atom stereocenters. The van der Waals surface area contributed by atoms with E-state index < -0.39 is 17.2 Å². The average Bonchev–Trinajstić information content (AvgIpc) is 2.73. The van der Waals surface area contributed by atoms with Gasteiger partial charge in [-0.05, 0) is 36.6 Å². The van der Waals surface area contributed by atoms with Crippen LogP contribution in [0.2, 0.25) is 0 Å². The summed E-state index contributed by atoms with van der Waals surface area (Å²) < 4.78 is 45.5. The fraction of sp³-hybridized carbons (Fsp3) is 0.348. The zero-order valence-corrected chi connectivity index (χ0v) is 16.1. The molecule has 3 rings (SSSR count). The minimum atomic E-state index is -4.60. The molecule has 0 heterocycles. The molecule has 0 radical (unpaired) electrons. The third-order valence-electron chi connectivity index (χ3n) is 5.37. The molecular weight excluding hydrogens is 379 g/mol. The molecular formula is C23H24F3NO2. The maximum atomic E-state index is 13.5. The van der Waals surface area contributed by atoms with Crippen LogP contribution in [0.1, 0.15) is 43.2 Å². The quantitative estimate of drug-likeness (QED) is 0.591. The lowest BCUT2D eigenvalue weighted by Gasteiger charge is -2.36. The third kappa shape index (κ3) is 4.63. The number of ether oxygens (including phenoxy) is 1. The molecule has 1 amide bonds. The van der Waals surface area contributed by atoms with Crippen molar-refractivity contribution < 1.29 is 22.7 Å². The van der Waals surface area contributed by atoms with Gasteiger partial charge in [0.2, 0.25) is 5.91 Å². The average molecular weight is 403 g/mol. The summed E-state index contributed by atoms with van der Waals surface area (Å²) >= 11 is 0. The smallest absolute Gasteiger partial charge is 0.420 e. The zero-order valence-electron chi connectivity index (χ0n) is 16.1. The first kappa shape index (κ1) is 21.0. The van der Waals surface area contributed by atoms with Crippen molar-refractivity contribution in [3.63, 3.8) is 0 Å². The summed E-state index contributed by atoms with van der Waals surface area (Å²) in [5.41, 5.74) is -0.640. The Balaban J connectivity index is 1.91. The van der Waals surface area contributed by atoms with Gasteiger partial charge >= 0.3 is 6.18 Å². The van der Waals surface area contributed by atoms with Gasteiger partial charge in [0.1, 0.15) is 12.4 Å².